The molecule has 1 aliphatic heterocycles. The number of nitrogens with two attached hydrogens (primary N) is 1. The molecule has 1 saturated heterocycles. The molecule has 0 aromatic heterocycles. The number of nitrogens with zero attached hydrogens (tertiary/aromatic N) is 2. The highest BCUT2D eigenvalue weighted by molar-refractivity contribution is 6.00. The molecule has 1 amide bonds. The lowest BCUT2D eigenvalue weighted by Gasteiger charge is -2.46. The van der Waals surface area contributed by atoms with Gasteiger partial charge in [0.1, 0.15) is 5.54 Å². The summed E-state index contributed by atoms with van der Waals surface area (Å²) in [5, 5.41) is 0. The Morgan fingerprint density at radius 1 is 1.30 bits per heavy atom. The molecule has 0 spiro atoms. The van der Waals surface area contributed by atoms with Gasteiger partial charge in [0.2, 0.25) is 5.91 Å². The zero-order chi connectivity index (χ0) is 15.1. The third-order valence-corrected chi connectivity index (χ3v) is 3.93. The largest absolute Gasteiger partial charge is 0.398 e. The van der Waals surface area contributed by atoms with Crippen molar-refractivity contribution in [2.75, 3.05) is 30.8 Å². The van der Waals surface area contributed by atoms with Gasteiger partial charge in [0.25, 0.3) is 0 Å². The molecule has 5 nitrogen and oxygen atoms in total. The third kappa shape index (κ3) is 2.24. The fraction of sp³-hybridized carbons (Fsp3) is 0.467. The summed E-state index contributed by atoms with van der Waals surface area (Å²) in [6, 6.07) is 5.36. The lowest BCUT2D eigenvalue weighted by Crippen LogP contribution is -2.62. The molecule has 0 bridgehead atoms. The fourth-order valence-corrected chi connectivity index (χ4v) is 2.70. The van der Waals surface area contributed by atoms with Gasteiger partial charge in [-0.05, 0) is 39.0 Å². The van der Waals surface area contributed by atoms with Crippen LogP contribution in [0.4, 0.5) is 11.4 Å². The summed E-state index contributed by atoms with van der Waals surface area (Å²) in [5.41, 5.74) is 7.17. The van der Waals surface area contributed by atoms with Crippen molar-refractivity contribution in [2.45, 2.75) is 26.3 Å². The molecular weight excluding hydrogens is 254 g/mol. The molecule has 108 valence electrons. The molecule has 20 heavy (non-hydrogen) atoms. The molecule has 1 heterocycles. The molecule has 5 heteroatoms. The average molecular weight is 275 g/mol. The number of amides is 1. The van der Waals surface area contributed by atoms with E-state index in [9.17, 15) is 9.59 Å². The molecule has 1 aromatic rings. The number of benzene rings is 1. The monoisotopic (exact) mass is 275 g/mol. The van der Waals surface area contributed by atoms with Gasteiger partial charge in [-0.2, -0.15) is 0 Å². The number of nitrogen functional groups attached to an aromatic ring is 1. The first-order valence-electron chi connectivity index (χ1n) is 6.69. The Morgan fingerprint density at radius 2 is 1.95 bits per heavy atom. The van der Waals surface area contributed by atoms with E-state index in [1.807, 2.05) is 31.9 Å². The smallest absolute Gasteiger partial charge is 0.247 e. The standard InChI is InChI=1S/C15H21N3O2/c1-10(19)12-6-5-11(9-13(12)16)18-8-7-17(4)14(20)15(18,2)3/h5-6,9H,7-8,16H2,1-4H3. The Kier molecular flexibility index (Phi) is 3.46. The molecule has 0 radical (unpaired) electrons. The first-order chi connectivity index (χ1) is 9.25. The zero-order valence-electron chi connectivity index (χ0n) is 12.4. The summed E-state index contributed by atoms with van der Waals surface area (Å²) >= 11 is 0. The number of likely N-dealkylation sites (N-methyl/N-ethyl adjacent to an activating group) is 1. The van der Waals surface area contributed by atoms with Gasteiger partial charge in [-0.25, -0.2) is 0 Å². The maximum Gasteiger partial charge on any atom is 0.247 e. The van der Waals surface area contributed by atoms with E-state index in [1.54, 1.807) is 17.0 Å². The zero-order valence-corrected chi connectivity index (χ0v) is 12.4. The second kappa shape index (κ2) is 4.81. The Morgan fingerprint density at radius 3 is 2.50 bits per heavy atom. The number of carbonyl (C=O) groups excluding carboxylic acids is 2. The maximum atomic E-state index is 12.3. The predicted molar refractivity (Wildman–Crippen MR) is 79.9 cm³/mol. The highest BCUT2D eigenvalue weighted by Gasteiger charge is 2.40. The minimum Gasteiger partial charge on any atom is -0.398 e. The van der Waals surface area contributed by atoms with Gasteiger partial charge >= 0.3 is 0 Å². The van der Waals surface area contributed by atoms with Crippen molar-refractivity contribution in [3.05, 3.63) is 23.8 Å². The van der Waals surface area contributed by atoms with Crippen LogP contribution < -0.4 is 10.6 Å². The van der Waals surface area contributed by atoms with Crippen molar-refractivity contribution < 1.29 is 9.59 Å². The lowest BCUT2D eigenvalue weighted by atomic mass is 9.96. The predicted octanol–water partition coefficient (Wildman–Crippen LogP) is 1.53. The number of hydrogen-bond donors (Lipinski definition) is 1. The van der Waals surface area contributed by atoms with Crippen molar-refractivity contribution >= 4 is 23.1 Å². The first kappa shape index (κ1) is 14.4. The molecule has 2 N–H and O–H groups in total. The van der Waals surface area contributed by atoms with Crippen LogP contribution in [-0.2, 0) is 4.79 Å². The van der Waals surface area contributed by atoms with Crippen LogP contribution in [0.15, 0.2) is 18.2 Å². The number of carbonyl (C=O) groups is 2. The van der Waals surface area contributed by atoms with E-state index in [2.05, 4.69) is 0 Å². The molecule has 0 unspecified atom stereocenters. The van der Waals surface area contributed by atoms with Gasteiger partial charge in [-0.15, -0.1) is 0 Å². The fourth-order valence-electron chi connectivity index (χ4n) is 2.70. The van der Waals surface area contributed by atoms with Gasteiger partial charge in [0, 0.05) is 37.1 Å². The van der Waals surface area contributed by atoms with E-state index in [4.69, 9.17) is 5.73 Å². The van der Waals surface area contributed by atoms with Crippen molar-refractivity contribution in [1.82, 2.24) is 4.90 Å². The summed E-state index contributed by atoms with van der Waals surface area (Å²) in [6.07, 6.45) is 0. The molecule has 1 aliphatic rings. The summed E-state index contributed by atoms with van der Waals surface area (Å²) in [7, 11) is 1.81. The SMILES string of the molecule is CC(=O)c1ccc(N2CCN(C)C(=O)C2(C)C)cc1N. The van der Waals surface area contributed by atoms with E-state index in [0.29, 0.717) is 17.8 Å². The van der Waals surface area contributed by atoms with Crippen LogP contribution in [0, 0.1) is 0 Å². The summed E-state index contributed by atoms with van der Waals surface area (Å²) in [4.78, 5) is 27.5. The van der Waals surface area contributed by atoms with E-state index in [1.165, 1.54) is 6.92 Å². The van der Waals surface area contributed by atoms with Gasteiger partial charge in [-0.3, -0.25) is 9.59 Å². The van der Waals surface area contributed by atoms with E-state index in [-0.39, 0.29) is 11.7 Å². The molecule has 1 fully saturated rings. The summed E-state index contributed by atoms with van der Waals surface area (Å²) in [6.45, 7) is 6.72. The van der Waals surface area contributed by atoms with Crippen molar-refractivity contribution in [3.63, 3.8) is 0 Å². The number of hydrogen-bond acceptors (Lipinski definition) is 4. The second-order valence-corrected chi connectivity index (χ2v) is 5.77. The van der Waals surface area contributed by atoms with Crippen LogP contribution in [-0.4, -0.2) is 42.3 Å². The summed E-state index contributed by atoms with van der Waals surface area (Å²) in [5.74, 6) is 0.0285. The van der Waals surface area contributed by atoms with E-state index < -0.39 is 5.54 Å². The van der Waals surface area contributed by atoms with Crippen LogP contribution >= 0.6 is 0 Å². The van der Waals surface area contributed by atoms with Gasteiger partial charge in [0.05, 0.1) is 0 Å². The number of ketones is 1. The van der Waals surface area contributed by atoms with Gasteiger partial charge < -0.3 is 15.5 Å². The second-order valence-electron chi connectivity index (χ2n) is 5.77. The maximum absolute atomic E-state index is 12.3. The Labute approximate surface area is 119 Å². The lowest BCUT2D eigenvalue weighted by molar-refractivity contribution is -0.136. The number of Topliss-reactive ketones (excluding diaryl/α,β-unsaturated/α-hetero) is 1. The summed E-state index contributed by atoms with van der Waals surface area (Å²) < 4.78 is 0. The topological polar surface area (TPSA) is 66.6 Å². The average Bonchev–Trinajstić information content (AvgIpc) is 2.35. The molecule has 1 aromatic carbocycles. The van der Waals surface area contributed by atoms with Crippen LogP contribution in [0.3, 0.4) is 0 Å². The third-order valence-electron chi connectivity index (χ3n) is 3.93. The molecule has 0 atom stereocenters. The Balaban J connectivity index is 2.39. The van der Waals surface area contributed by atoms with E-state index in [0.717, 1.165) is 12.2 Å². The quantitative estimate of drug-likeness (QED) is 0.656. The van der Waals surface area contributed by atoms with Crippen molar-refractivity contribution in [1.29, 1.82) is 0 Å². The van der Waals surface area contributed by atoms with Gasteiger partial charge in [0.15, 0.2) is 5.78 Å². The van der Waals surface area contributed by atoms with Crippen LogP contribution in [0.5, 0.6) is 0 Å². The minimum absolute atomic E-state index is 0.0530. The van der Waals surface area contributed by atoms with Crippen molar-refractivity contribution in [2.24, 2.45) is 0 Å². The molecule has 0 saturated carbocycles. The van der Waals surface area contributed by atoms with Crippen LogP contribution in [0.2, 0.25) is 0 Å². The number of rotatable bonds is 2. The van der Waals surface area contributed by atoms with E-state index >= 15 is 0 Å². The highest BCUT2D eigenvalue weighted by Crippen LogP contribution is 2.30. The Bertz CT molecular complexity index is 566. The van der Waals surface area contributed by atoms with Crippen LogP contribution in [0.25, 0.3) is 0 Å². The Hall–Kier alpha value is -2.04. The molecule has 2 rings (SSSR count). The van der Waals surface area contributed by atoms with Crippen molar-refractivity contribution in [3.8, 4) is 0 Å². The molecule has 0 aliphatic carbocycles. The normalized spacial score (nSPS) is 18.3. The number of piperazine rings is 1. The first-order valence-corrected chi connectivity index (χ1v) is 6.69. The number of anilines is 2. The highest BCUT2D eigenvalue weighted by atomic mass is 16.2. The molecular formula is C15H21N3O2. The van der Waals surface area contributed by atoms with Gasteiger partial charge in [-0.1, -0.05) is 0 Å². The minimum atomic E-state index is -0.614. The van der Waals surface area contributed by atoms with Crippen LogP contribution in [0.1, 0.15) is 31.1 Å².